The lowest BCUT2D eigenvalue weighted by Gasteiger charge is -2.17. The highest BCUT2D eigenvalue weighted by molar-refractivity contribution is 6.14. The quantitative estimate of drug-likeness (QED) is 0.742. The number of rotatable bonds is 2. The predicted octanol–water partition coefficient (Wildman–Crippen LogP) is 2.65. The first-order valence-electron chi connectivity index (χ1n) is 8.24. The van der Waals surface area contributed by atoms with Crippen molar-refractivity contribution < 1.29 is 9.53 Å². The molecule has 1 amide bonds. The molecule has 1 aliphatic heterocycles. The molecule has 0 aliphatic carbocycles. The van der Waals surface area contributed by atoms with Crippen molar-refractivity contribution in [1.29, 1.82) is 0 Å². The third-order valence-electron chi connectivity index (χ3n) is 4.70. The molecule has 26 heavy (non-hydrogen) atoms. The van der Waals surface area contributed by atoms with E-state index in [0.717, 1.165) is 22.6 Å². The molecule has 0 bridgehead atoms. The molecule has 0 atom stereocenters. The van der Waals surface area contributed by atoms with Crippen LogP contribution in [0.25, 0.3) is 22.8 Å². The summed E-state index contributed by atoms with van der Waals surface area (Å²) in [5.74, 6) is 1.42. The second-order valence-corrected chi connectivity index (χ2v) is 6.32. The van der Waals surface area contributed by atoms with Gasteiger partial charge in [0.05, 0.1) is 29.4 Å². The number of hydrogen-bond acceptors (Lipinski definition) is 5. The SMILES string of the molecule is COc1ccc(C)c(-n2c(N)c3c4c(nc(C)nc42)C=CNC3=O)c1C. The number of aryl methyl sites for hydroxylation is 2. The number of nitrogens with two attached hydrogens (primary N) is 1. The highest BCUT2D eigenvalue weighted by Crippen LogP contribution is 2.37. The Hall–Kier alpha value is -3.35. The second-order valence-electron chi connectivity index (χ2n) is 6.32. The Morgan fingerprint density at radius 2 is 1.96 bits per heavy atom. The summed E-state index contributed by atoms with van der Waals surface area (Å²) in [6.07, 6.45) is 3.34. The molecule has 0 saturated heterocycles. The number of nitrogen functional groups attached to an aromatic ring is 1. The summed E-state index contributed by atoms with van der Waals surface area (Å²) in [7, 11) is 1.63. The van der Waals surface area contributed by atoms with Crippen LogP contribution in [0.3, 0.4) is 0 Å². The minimum atomic E-state index is -0.271. The zero-order valence-electron chi connectivity index (χ0n) is 15.0. The number of carbonyl (C=O) groups excluding carboxylic acids is 1. The lowest BCUT2D eigenvalue weighted by Crippen LogP contribution is -2.18. The first-order chi connectivity index (χ1) is 12.4. The van der Waals surface area contributed by atoms with Crippen molar-refractivity contribution in [3.63, 3.8) is 0 Å². The van der Waals surface area contributed by atoms with E-state index in [1.807, 2.05) is 37.5 Å². The van der Waals surface area contributed by atoms with Gasteiger partial charge in [-0.3, -0.25) is 9.36 Å². The van der Waals surface area contributed by atoms with Crippen molar-refractivity contribution in [2.45, 2.75) is 20.8 Å². The Labute approximate surface area is 150 Å². The number of aromatic nitrogens is 3. The van der Waals surface area contributed by atoms with E-state index >= 15 is 0 Å². The summed E-state index contributed by atoms with van der Waals surface area (Å²) >= 11 is 0. The maximum Gasteiger partial charge on any atom is 0.259 e. The van der Waals surface area contributed by atoms with Crippen molar-refractivity contribution in [3.8, 4) is 11.4 Å². The Morgan fingerprint density at radius 3 is 2.69 bits per heavy atom. The van der Waals surface area contributed by atoms with Crippen LogP contribution in [0.4, 0.5) is 5.82 Å². The van der Waals surface area contributed by atoms with Crippen LogP contribution in [-0.2, 0) is 0 Å². The zero-order chi connectivity index (χ0) is 18.6. The predicted molar refractivity (Wildman–Crippen MR) is 101 cm³/mol. The van der Waals surface area contributed by atoms with Gasteiger partial charge in [-0.2, -0.15) is 0 Å². The van der Waals surface area contributed by atoms with Crippen molar-refractivity contribution in [3.05, 3.63) is 46.5 Å². The van der Waals surface area contributed by atoms with Crippen molar-refractivity contribution in [2.24, 2.45) is 0 Å². The number of methoxy groups -OCH3 is 1. The molecule has 1 aliphatic rings. The topological polar surface area (TPSA) is 95.1 Å². The number of carbonyl (C=O) groups is 1. The van der Waals surface area contributed by atoms with Gasteiger partial charge in [-0.15, -0.1) is 0 Å². The average Bonchev–Trinajstić information content (AvgIpc) is 2.76. The van der Waals surface area contributed by atoms with E-state index in [4.69, 9.17) is 10.5 Å². The van der Waals surface area contributed by atoms with Gasteiger partial charge in [0.15, 0.2) is 5.65 Å². The summed E-state index contributed by atoms with van der Waals surface area (Å²) in [4.78, 5) is 21.7. The van der Waals surface area contributed by atoms with E-state index in [2.05, 4.69) is 15.3 Å². The van der Waals surface area contributed by atoms with Gasteiger partial charge in [0, 0.05) is 11.8 Å². The molecule has 7 nitrogen and oxygen atoms in total. The van der Waals surface area contributed by atoms with Crippen LogP contribution >= 0.6 is 0 Å². The van der Waals surface area contributed by atoms with E-state index in [0.29, 0.717) is 33.9 Å². The average molecular weight is 349 g/mol. The molecule has 4 rings (SSSR count). The van der Waals surface area contributed by atoms with Crippen LogP contribution in [0.1, 0.15) is 33.0 Å². The van der Waals surface area contributed by atoms with Crippen LogP contribution in [0, 0.1) is 20.8 Å². The summed E-state index contributed by atoms with van der Waals surface area (Å²) in [6, 6.07) is 3.88. The third kappa shape index (κ3) is 2.10. The van der Waals surface area contributed by atoms with Gasteiger partial charge in [-0.25, -0.2) is 9.97 Å². The Kier molecular flexibility index (Phi) is 3.47. The molecule has 3 aromatic rings. The number of ether oxygens (including phenoxy) is 1. The van der Waals surface area contributed by atoms with Crippen LogP contribution in [0.5, 0.6) is 5.75 Å². The number of nitrogens with zero attached hydrogens (tertiary/aromatic N) is 3. The number of anilines is 1. The van der Waals surface area contributed by atoms with Gasteiger partial charge in [-0.05, 0) is 38.5 Å². The molecule has 0 unspecified atom stereocenters. The van der Waals surface area contributed by atoms with E-state index in [1.165, 1.54) is 0 Å². The van der Waals surface area contributed by atoms with E-state index in [-0.39, 0.29) is 5.91 Å². The molecule has 7 heteroatoms. The Morgan fingerprint density at radius 1 is 1.19 bits per heavy atom. The monoisotopic (exact) mass is 349 g/mol. The first-order valence-corrected chi connectivity index (χ1v) is 8.24. The number of nitrogens with one attached hydrogen (secondary N) is 1. The van der Waals surface area contributed by atoms with Crippen molar-refractivity contribution in [2.75, 3.05) is 12.8 Å². The van der Waals surface area contributed by atoms with E-state index in [1.54, 1.807) is 19.4 Å². The summed E-state index contributed by atoms with van der Waals surface area (Å²) in [6.45, 7) is 5.78. The van der Waals surface area contributed by atoms with Crippen LogP contribution < -0.4 is 15.8 Å². The Bertz CT molecular complexity index is 1110. The number of amides is 1. The van der Waals surface area contributed by atoms with Gasteiger partial charge >= 0.3 is 0 Å². The Balaban J connectivity index is 2.21. The molecule has 0 fully saturated rings. The molecule has 2 aromatic heterocycles. The molecule has 132 valence electrons. The van der Waals surface area contributed by atoms with Crippen LogP contribution in [0.15, 0.2) is 18.3 Å². The van der Waals surface area contributed by atoms with Gasteiger partial charge in [0.1, 0.15) is 17.4 Å². The van der Waals surface area contributed by atoms with Gasteiger partial charge in [0.25, 0.3) is 5.91 Å². The minimum absolute atomic E-state index is 0.271. The summed E-state index contributed by atoms with van der Waals surface area (Å²) in [5.41, 5.74) is 10.9. The fraction of sp³-hybridized carbons (Fsp3) is 0.211. The zero-order valence-corrected chi connectivity index (χ0v) is 15.0. The highest BCUT2D eigenvalue weighted by atomic mass is 16.5. The van der Waals surface area contributed by atoms with Crippen molar-refractivity contribution in [1.82, 2.24) is 19.9 Å². The van der Waals surface area contributed by atoms with Crippen molar-refractivity contribution >= 4 is 28.8 Å². The first kappa shape index (κ1) is 16.1. The summed E-state index contributed by atoms with van der Waals surface area (Å²) < 4.78 is 7.30. The summed E-state index contributed by atoms with van der Waals surface area (Å²) in [5, 5.41) is 3.38. The van der Waals surface area contributed by atoms with Crippen LogP contribution in [-0.4, -0.2) is 27.6 Å². The molecule has 1 aromatic carbocycles. The van der Waals surface area contributed by atoms with Gasteiger partial charge in [-0.1, -0.05) is 6.07 Å². The van der Waals surface area contributed by atoms with Crippen LogP contribution in [0.2, 0.25) is 0 Å². The molecular formula is C19H19N5O2. The van der Waals surface area contributed by atoms with Gasteiger partial charge < -0.3 is 15.8 Å². The maximum absolute atomic E-state index is 12.6. The minimum Gasteiger partial charge on any atom is -0.496 e. The lowest BCUT2D eigenvalue weighted by molar-refractivity contribution is 0.0973. The fourth-order valence-electron chi connectivity index (χ4n) is 3.56. The standard InChI is InChI=1S/C19H19N5O2/c1-9-5-6-13(26-4)10(2)16(9)24-17(20)15-14-12(7-8-21-19(15)25)22-11(3)23-18(14)24/h5-8H,20H2,1-4H3,(H,21,25). The molecule has 3 N–H and O–H groups in total. The largest absolute Gasteiger partial charge is 0.496 e. The molecule has 0 radical (unpaired) electrons. The van der Waals surface area contributed by atoms with E-state index < -0.39 is 0 Å². The van der Waals surface area contributed by atoms with E-state index in [9.17, 15) is 4.79 Å². The molecule has 0 spiro atoms. The number of benzene rings is 1. The maximum atomic E-state index is 12.6. The smallest absolute Gasteiger partial charge is 0.259 e. The fourth-order valence-corrected chi connectivity index (χ4v) is 3.56. The highest BCUT2D eigenvalue weighted by Gasteiger charge is 2.28. The lowest BCUT2D eigenvalue weighted by atomic mass is 10.1. The number of hydrogen-bond donors (Lipinski definition) is 2. The molecular weight excluding hydrogens is 330 g/mol. The molecule has 3 heterocycles. The van der Waals surface area contributed by atoms with Gasteiger partial charge in [0.2, 0.25) is 0 Å². The second kappa shape index (κ2) is 5.59. The normalized spacial score (nSPS) is 13.0. The third-order valence-corrected chi connectivity index (χ3v) is 4.70. The molecule has 0 saturated carbocycles.